The Morgan fingerprint density at radius 3 is 2.43 bits per heavy atom. The summed E-state index contributed by atoms with van der Waals surface area (Å²) in [5.74, 6) is 0. The second-order valence-electron chi connectivity index (χ2n) is 3.51. The van der Waals surface area contributed by atoms with Crippen molar-refractivity contribution >= 4 is 0 Å². The van der Waals surface area contributed by atoms with Crippen molar-refractivity contribution in [1.82, 2.24) is 4.90 Å². The van der Waals surface area contributed by atoms with Crippen molar-refractivity contribution in [2.24, 2.45) is 0 Å². The van der Waals surface area contributed by atoms with Crippen LogP contribution in [0.3, 0.4) is 0 Å². The number of hydrogen-bond acceptors (Lipinski definition) is 2. The summed E-state index contributed by atoms with van der Waals surface area (Å²) in [7, 11) is 0. The van der Waals surface area contributed by atoms with Crippen molar-refractivity contribution in [3.05, 3.63) is 35.4 Å². The van der Waals surface area contributed by atoms with Crippen LogP contribution in [0, 0.1) is 18.4 Å². The Hall–Kier alpha value is -1.49. The van der Waals surface area contributed by atoms with Crippen LogP contribution in [0.5, 0.6) is 0 Å². The smallest absolute Gasteiger partial charge is 0.179 e. The molecule has 0 saturated heterocycles. The first-order chi connectivity index (χ1) is 6.76. The summed E-state index contributed by atoms with van der Waals surface area (Å²) in [5, 5.41) is 8.85. The van der Waals surface area contributed by atoms with Crippen LogP contribution < -0.4 is 0 Å². The molecule has 0 spiro atoms. The molecule has 74 valence electrons. The van der Waals surface area contributed by atoms with Crippen LogP contribution in [-0.2, 0) is 6.54 Å². The van der Waals surface area contributed by atoms with Gasteiger partial charge in [-0.15, -0.1) is 0 Å². The zero-order valence-electron chi connectivity index (χ0n) is 8.83. The average Bonchev–Trinajstić information content (AvgIpc) is 2.20. The molecule has 2 nitrogen and oxygen atoms in total. The molecular weight excluding hydrogens is 172 g/mol. The van der Waals surface area contributed by atoms with E-state index in [1.807, 2.05) is 0 Å². The maximum absolute atomic E-state index is 8.85. The third-order valence-corrected chi connectivity index (χ3v) is 2.13. The van der Waals surface area contributed by atoms with Crippen LogP contribution in [0.4, 0.5) is 0 Å². The largest absolute Gasteiger partial charge is 0.306 e. The number of nitriles is 1. The van der Waals surface area contributed by atoms with E-state index in [2.05, 4.69) is 44.3 Å². The lowest BCUT2D eigenvalue weighted by Gasteiger charge is -2.14. The Kier molecular flexibility index (Phi) is 4.00. The molecular formula is C12H16N2. The summed E-state index contributed by atoms with van der Waals surface area (Å²) in [4.78, 5) is 1.78. The van der Waals surface area contributed by atoms with Gasteiger partial charge in [0.05, 0.1) is 6.54 Å². The van der Waals surface area contributed by atoms with Crippen molar-refractivity contribution in [3.8, 4) is 6.19 Å². The maximum Gasteiger partial charge on any atom is 0.179 e. The van der Waals surface area contributed by atoms with Gasteiger partial charge in [-0.25, -0.2) is 0 Å². The van der Waals surface area contributed by atoms with Gasteiger partial charge in [0, 0.05) is 6.54 Å². The molecule has 1 aromatic carbocycles. The first-order valence-electron chi connectivity index (χ1n) is 4.96. The highest BCUT2D eigenvalue weighted by Gasteiger charge is 2.00. The van der Waals surface area contributed by atoms with Crippen molar-refractivity contribution in [2.45, 2.75) is 26.8 Å². The zero-order valence-corrected chi connectivity index (χ0v) is 8.83. The lowest BCUT2D eigenvalue weighted by molar-refractivity contribution is 0.385. The molecule has 2 heteroatoms. The van der Waals surface area contributed by atoms with Crippen LogP contribution in [0.2, 0.25) is 0 Å². The summed E-state index contributed by atoms with van der Waals surface area (Å²) in [6.07, 6.45) is 3.21. The molecule has 0 heterocycles. The highest BCUT2D eigenvalue weighted by molar-refractivity contribution is 5.21. The van der Waals surface area contributed by atoms with E-state index in [0.717, 1.165) is 19.5 Å². The predicted molar refractivity (Wildman–Crippen MR) is 57.5 cm³/mol. The molecule has 1 rings (SSSR count). The fourth-order valence-electron chi connectivity index (χ4n) is 1.35. The number of aryl methyl sites for hydroxylation is 1. The number of benzene rings is 1. The molecule has 0 aromatic heterocycles. The second kappa shape index (κ2) is 5.29. The van der Waals surface area contributed by atoms with Crippen molar-refractivity contribution in [1.29, 1.82) is 5.26 Å². The van der Waals surface area contributed by atoms with Gasteiger partial charge in [-0.1, -0.05) is 36.8 Å². The van der Waals surface area contributed by atoms with E-state index in [1.54, 1.807) is 4.90 Å². The lowest BCUT2D eigenvalue weighted by atomic mass is 10.1. The Morgan fingerprint density at radius 1 is 1.29 bits per heavy atom. The molecule has 0 aliphatic carbocycles. The van der Waals surface area contributed by atoms with Gasteiger partial charge in [-0.3, -0.25) is 0 Å². The summed E-state index contributed by atoms with van der Waals surface area (Å²) in [6, 6.07) is 8.32. The molecule has 0 N–H and O–H groups in total. The van der Waals surface area contributed by atoms with Gasteiger partial charge in [0.15, 0.2) is 6.19 Å². The van der Waals surface area contributed by atoms with E-state index < -0.39 is 0 Å². The van der Waals surface area contributed by atoms with Crippen molar-refractivity contribution < 1.29 is 0 Å². The minimum Gasteiger partial charge on any atom is -0.306 e. The second-order valence-corrected chi connectivity index (χ2v) is 3.51. The summed E-state index contributed by atoms with van der Waals surface area (Å²) in [6.45, 7) is 5.71. The predicted octanol–water partition coefficient (Wildman–Crippen LogP) is 2.69. The zero-order chi connectivity index (χ0) is 10.4. The fourth-order valence-corrected chi connectivity index (χ4v) is 1.35. The minimum absolute atomic E-state index is 0.727. The van der Waals surface area contributed by atoms with Gasteiger partial charge in [0.25, 0.3) is 0 Å². The SMILES string of the molecule is CCCN(C#N)Cc1ccc(C)cc1. The topological polar surface area (TPSA) is 27.0 Å². The average molecular weight is 188 g/mol. The molecule has 0 saturated carbocycles. The van der Waals surface area contributed by atoms with Crippen LogP contribution in [0.25, 0.3) is 0 Å². The van der Waals surface area contributed by atoms with E-state index >= 15 is 0 Å². The van der Waals surface area contributed by atoms with E-state index in [1.165, 1.54) is 11.1 Å². The summed E-state index contributed by atoms with van der Waals surface area (Å²) in [5.41, 5.74) is 2.46. The van der Waals surface area contributed by atoms with Crippen LogP contribution in [-0.4, -0.2) is 11.4 Å². The highest BCUT2D eigenvalue weighted by Crippen LogP contribution is 2.06. The monoisotopic (exact) mass is 188 g/mol. The van der Waals surface area contributed by atoms with Gasteiger partial charge < -0.3 is 4.90 Å². The molecule has 0 unspecified atom stereocenters. The molecule has 14 heavy (non-hydrogen) atoms. The van der Waals surface area contributed by atoms with Gasteiger partial charge in [0.1, 0.15) is 0 Å². The lowest BCUT2D eigenvalue weighted by Crippen LogP contribution is -2.17. The molecule has 1 aromatic rings. The van der Waals surface area contributed by atoms with E-state index in [4.69, 9.17) is 5.26 Å². The Balaban J connectivity index is 2.59. The van der Waals surface area contributed by atoms with Gasteiger partial charge in [-0.2, -0.15) is 5.26 Å². The number of rotatable bonds is 4. The standard InChI is InChI=1S/C12H16N2/c1-3-8-14(10-13)9-12-6-4-11(2)5-7-12/h4-7H,3,8-9H2,1-2H3. The molecule has 0 atom stereocenters. The molecule has 0 bridgehead atoms. The van der Waals surface area contributed by atoms with Gasteiger partial charge in [0.2, 0.25) is 0 Å². The minimum atomic E-state index is 0.727. The van der Waals surface area contributed by atoms with Crippen molar-refractivity contribution in [2.75, 3.05) is 6.54 Å². The third-order valence-electron chi connectivity index (χ3n) is 2.13. The Morgan fingerprint density at radius 2 is 1.93 bits per heavy atom. The van der Waals surface area contributed by atoms with E-state index in [-0.39, 0.29) is 0 Å². The molecule has 0 radical (unpaired) electrons. The first kappa shape index (κ1) is 10.6. The Labute approximate surface area is 85.8 Å². The van der Waals surface area contributed by atoms with Gasteiger partial charge in [-0.05, 0) is 18.9 Å². The number of hydrogen-bond donors (Lipinski definition) is 0. The van der Waals surface area contributed by atoms with E-state index in [0.29, 0.717) is 0 Å². The Bertz CT molecular complexity index is 308. The van der Waals surface area contributed by atoms with E-state index in [9.17, 15) is 0 Å². The van der Waals surface area contributed by atoms with Crippen LogP contribution >= 0.6 is 0 Å². The maximum atomic E-state index is 8.85. The normalized spacial score (nSPS) is 9.50. The summed E-state index contributed by atoms with van der Waals surface area (Å²) >= 11 is 0. The van der Waals surface area contributed by atoms with Gasteiger partial charge >= 0.3 is 0 Å². The highest BCUT2D eigenvalue weighted by atomic mass is 15.1. The molecule has 0 aliphatic rings. The van der Waals surface area contributed by atoms with Crippen LogP contribution in [0.1, 0.15) is 24.5 Å². The molecule has 0 aliphatic heterocycles. The first-order valence-corrected chi connectivity index (χ1v) is 4.96. The number of nitrogens with zero attached hydrogens (tertiary/aromatic N) is 2. The molecule has 0 fully saturated rings. The molecule has 0 amide bonds. The fraction of sp³-hybridized carbons (Fsp3) is 0.417. The van der Waals surface area contributed by atoms with Crippen LogP contribution in [0.15, 0.2) is 24.3 Å². The third kappa shape index (κ3) is 3.10. The quantitative estimate of drug-likeness (QED) is 0.536. The van der Waals surface area contributed by atoms with Crippen molar-refractivity contribution in [3.63, 3.8) is 0 Å². The summed E-state index contributed by atoms with van der Waals surface area (Å²) < 4.78 is 0.